The molecule has 2 rings (SSSR count). The van der Waals surface area contributed by atoms with E-state index in [1.165, 1.54) is 0 Å². The molecule has 0 unspecified atom stereocenters. The molecule has 18 heavy (non-hydrogen) atoms. The van der Waals surface area contributed by atoms with E-state index in [4.69, 9.17) is 4.74 Å². The van der Waals surface area contributed by atoms with Crippen LogP contribution in [0.4, 0.5) is 5.82 Å². The molecule has 94 valence electrons. The highest BCUT2D eigenvalue weighted by molar-refractivity contribution is 9.10. The molecule has 1 N–H and O–H groups in total. The standard InChI is InChI=1S/C13H14BrN3O/c1-2-16-13-5-10(3-4-17-13)9-18-12-6-11(14)7-15-8-12/h3-8H,2,9H2,1H3,(H,16,17). The Balaban J connectivity index is 1.99. The van der Waals surface area contributed by atoms with E-state index in [-0.39, 0.29) is 0 Å². The monoisotopic (exact) mass is 307 g/mol. The van der Waals surface area contributed by atoms with Crippen LogP contribution in [0.25, 0.3) is 0 Å². The van der Waals surface area contributed by atoms with Crippen LogP contribution in [0.3, 0.4) is 0 Å². The number of halogens is 1. The Morgan fingerprint density at radius 3 is 3.00 bits per heavy atom. The molecule has 0 saturated carbocycles. The van der Waals surface area contributed by atoms with Gasteiger partial charge >= 0.3 is 0 Å². The first-order valence-corrected chi connectivity index (χ1v) is 6.49. The zero-order chi connectivity index (χ0) is 12.8. The summed E-state index contributed by atoms with van der Waals surface area (Å²) >= 11 is 3.36. The molecule has 4 nitrogen and oxygen atoms in total. The smallest absolute Gasteiger partial charge is 0.139 e. The van der Waals surface area contributed by atoms with Gasteiger partial charge in [0, 0.05) is 23.4 Å². The number of rotatable bonds is 5. The second-order valence-corrected chi connectivity index (χ2v) is 4.62. The van der Waals surface area contributed by atoms with Crippen molar-refractivity contribution in [2.75, 3.05) is 11.9 Å². The number of hydrogen-bond donors (Lipinski definition) is 1. The highest BCUT2D eigenvalue weighted by atomic mass is 79.9. The van der Waals surface area contributed by atoms with E-state index in [0.29, 0.717) is 6.61 Å². The summed E-state index contributed by atoms with van der Waals surface area (Å²) in [5, 5.41) is 3.17. The Hall–Kier alpha value is -1.62. The van der Waals surface area contributed by atoms with Gasteiger partial charge in [-0.15, -0.1) is 0 Å². The number of ether oxygens (including phenoxy) is 1. The van der Waals surface area contributed by atoms with Crippen molar-refractivity contribution < 1.29 is 4.74 Å². The molecule has 0 radical (unpaired) electrons. The van der Waals surface area contributed by atoms with Gasteiger partial charge in [-0.3, -0.25) is 4.98 Å². The van der Waals surface area contributed by atoms with Crippen molar-refractivity contribution in [2.24, 2.45) is 0 Å². The SMILES string of the molecule is CCNc1cc(COc2cncc(Br)c2)ccn1. The van der Waals surface area contributed by atoms with Crippen LogP contribution in [0, 0.1) is 0 Å². The first kappa shape index (κ1) is 12.8. The Morgan fingerprint density at radius 2 is 2.22 bits per heavy atom. The molecule has 2 aromatic heterocycles. The summed E-state index contributed by atoms with van der Waals surface area (Å²) in [5.74, 6) is 1.61. The highest BCUT2D eigenvalue weighted by Gasteiger charge is 1.99. The van der Waals surface area contributed by atoms with Gasteiger partial charge in [-0.25, -0.2) is 4.98 Å². The fourth-order valence-electron chi connectivity index (χ4n) is 1.48. The van der Waals surface area contributed by atoms with Gasteiger partial charge in [-0.1, -0.05) is 0 Å². The Morgan fingerprint density at radius 1 is 1.33 bits per heavy atom. The molecule has 0 saturated heterocycles. The van der Waals surface area contributed by atoms with Crippen LogP contribution in [0.2, 0.25) is 0 Å². The number of aromatic nitrogens is 2. The number of anilines is 1. The molecule has 0 aliphatic carbocycles. The van der Waals surface area contributed by atoms with E-state index in [1.54, 1.807) is 18.6 Å². The molecular formula is C13H14BrN3O. The van der Waals surface area contributed by atoms with Crippen molar-refractivity contribution in [2.45, 2.75) is 13.5 Å². The van der Waals surface area contributed by atoms with Gasteiger partial charge < -0.3 is 10.1 Å². The lowest BCUT2D eigenvalue weighted by Gasteiger charge is -2.08. The number of hydrogen-bond acceptors (Lipinski definition) is 4. The molecule has 2 heterocycles. The summed E-state index contributed by atoms with van der Waals surface area (Å²) in [5.41, 5.74) is 1.07. The van der Waals surface area contributed by atoms with E-state index >= 15 is 0 Å². The third kappa shape index (κ3) is 3.70. The normalized spacial score (nSPS) is 10.1. The number of pyridine rings is 2. The largest absolute Gasteiger partial charge is 0.487 e. The Labute approximate surface area is 115 Å². The lowest BCUT2D eigenvalue weighted by Crippen LogP contribution is -2.01. The molecule has 5 heteroatoms. The van der Waals surface area contributed by atoms with Gasteiger partial charge in [-0.05, 0) is 46.6 Å². The first-order chi connectivity index (χ1) is 8.78. The lowest BCUT2D eigenvalue weighted by molar-refractivity contribution is 0.304. The highest BCUT2D eigenvalue weighted by Crippen LogP contribution is 2.17. The maximum atomic E-state index is 5.66. The second-order valence-electron chi connectivity index (χ2n) is 3.71. The van der Waals surface area contributed by atoms with Crippen LogP contribution >= 0.6 is 15.9 Å². The summed E-state index contributed by atoms with van der Waals surface area (Å²) in [6, 6.07) is 5.81. The average Bonchev–Trinajstić information content (AvgIpc) is 2.37. The van der Waals surface area contributed by atoms with Crippen molar-refractivity contribution in [1.82, 2.24) is 9.97 Å². The van der Waals surface area contributed by atoms with Crippen LogP contribution in [-0.4, -0.2) is 16.5 Å². The van der Waals surface area contributed by atoms with Crippen LogP contribution < -0.4 is 10.1 Å². The van der Waals surface area contributed by atoms with Gasteiger partial charge in [0.25, 0.3) is 0 Å². The first-order valence-electron chi connectivity index (χ1n) is 5.70. The summed E-state index contributed by atoms with van der Waals surface area (Å²) in [4.78, 5) is 8.26. The Bertz CT molecular complexity index is 519. The quantitative estimate of drug-likeness (QED) is 0.921. The molecule has 2 aromatic rings. The molecular weight excluding hydrogens is 294 g/mol. The fraction of sp³-hybridized carbons (Fsp3) is 0.231. The molecule has 0 bridgehead atoms. The fourth-order valence-corrected chi connectivity index (χ4v) is 1.82. The van der Waals surface area contributed by atoms with Crippen LogP contribution in [0.5, 0.6) is 5.75 Å². The number of nitrogens with one attached hydrogen (secondary N) is 1. The van der Waals surface area contributed by atoms with E-state index in [9.17, 15) is 0 Å². The van der Waals surface area contributed by atoms with E-state index < -0.39 is 0 Å². The minimum atomic E-state index is 0.499. The Kier molecular flexibility index (Phi) is 4.52. The molecule has 0 atom stereocenters. The summed E-state index contributed by atoms with van der Waals surface area (Å²) in [6.45, 7) is 3.39. The zero-order valence-electron chi connectivity index (χ0n) is 10.1. The van der Waals surface area contributed by atoms with Crippen molar-refractivity contribution in [3.63, 3.8) is 0 Å². The third-order valence-corrected chi connectivity index (χ3v) is 2.70. The third-order valence-electron chi connectivity index (χ3n) is 2.27. The summed E-state index contributed by atoms with van der Waals surface area (Å²) in [7, 11) is 0. The maximum absolute atomic E-state index is 5.66. The van der Waals surface area contributed by atoms with Crippen molar-refractivity contribution in [3.05, 3.63) is 46.8 Å². The number of nitrogens with zero attached hydrogens (tertiary/aromatic N) is 2. The van der Waals surface area contributed by atoms with Crippen molar-refractivity contribution in [1.29, 1.82) is 0 Å². The molecule has 0 aliphatic rings. The summed E-state index contributed by atoms with van der Waals surface area (Å²) < 4.78 is 6.56. The zero-order valence-corrected chi connectivity index (χ0v) is 11.6. The molecule has 0 spiro atoms. The van der Waals surface area contributed by atoms with Gasteiger partial charge in [0.2, 0.25) is 0 Å². The van der Waals surface area contributed by atoms with Gasteiger partial charge in [0.05, 0.1) is 6.20 Å². The predicted octanol–water partition coefficient (Wildman–Crippen LogP) is 3.25. The topological polar surface area (TPSA) is 47.0 Å². The molecule has 0 aromatic carbocycles. The minimum Gasteiger partial charge on any atom is -0.487 e. The van der Waals surface area contributed by atoms with Crippen molar-refractivity contribution >= 4 is 21.7 Å². The van der Waals surface area contributed by atoms with Gasteiger partial charge in [0.15, 0.2) is 0 Å². The lowest BCUT2D eigenvalue weighted by atomic mass is 10.3. The predicted molar refractivity (Wildman–Crippen MR) is 74.7 cm³/mol. The summed E-state index contributed by atoms with van der Waals surface area (Å²) in [6.07, 6.45) is 5.19. The minimum absolute atomic E-state index is 0.499. The van der Waals surface area contributed by atoms with Crippen LogP contribution in [-0.2, 0) is 6.61 Å². The van der Waals surface area contributed by atoms with Gasteiger partial charge in [0.1, 0.15) is 18.2 Å². The van der Waals surface area contributed by atoms with Gasteiger partial charge in [-0.2, -0.15) is 0 Å². The average molecular weight is 308 g/mol. The van der Waals surface area contributed by atoms with E-state index in [2.05, 4.69) is 31.2 Å². The molecule has 0 fully saturated rings. The van der Waals surface area contributed by atoms with Crippen LogP contribution in [0.1, 0.15) is 12.5 Å². The second kappa shape index (κ2) is 6.35. The van der Waals surface area contributed by atoms with E-state index in [0.717, 1.165) is 28.1 Å². The van der Waals surface area contributed by atoms with Crippen molar-refractivity contribution in [3.8, 4) is 5.75 Å². The van der Waals surface area contributed by atoms with E-state index in [1.807, 2.05) is 25.1 Å². The molecule has 0 amide bonds. The maximum Gasteiger partial charge on any atom is 0.139 e. The van der Waals surface area contributed by atoms with Crippen LogP contribution in [0.15, 0.2) is 41.3 Å². The molecule has 0 aliphatic heterocycles.